The third-order valence-corrected chi connectivity index (χ3v) is 2.24. The lowest BCUT2D eigenvalue weighted by molar-refractivity contribution is 0.0461. The van der Waals surface area contributed by atoms with Crippen molar-refractivity contribution >= 4 is 11.6 Å². The summed E-state index contributed by atoms with van der Waals surface area (Å²) in [7, 11) is 0. The summed E-state index contributed by atoms with van der Waals surface area (Å²) < 4.78 is 5.23. The van der Waals surface area contributed by atoms with Crippen LogP contribution in [0.1, 0.15) is 39.0 Å². The summed E-state index contributed by atoms with van der Waals surface area (Å²) in [6.45, 7) is 3.32. The second kappa shape index (κ2) is 10.3. The lowest BCUT2D eigenvalue weighted by atomic mass is 10.2. The molecule has 1 atom stereocenters. The van der Waals surface area contributed by atoms with Crippen molar-refractivity contribution in [2.45, 2.75) is 45.1 Å². The highest BCUT2D eigenvalue weighted by Gasteiger charge is 2.00. The Morgan fingerprint density at radius 3 is 2.54 bits per heavy atom. The number of alkyl halides is 1. The first-order chi connectivity index (χ1) is 6.31. The van der Waals surface area contributed by atoms with Crippen molar-refractivity contribution in [2.75, 3.05) is 19.1 Å². The maximum absolute atomic E-state index is 9.04. The van der Waals surface area contributed by atoms with E-state index in [4.69, 9.17) is 21.4 Å². The summed E-state index contributed by atoms with van der Waals surface area (Å²) in [4.78, 5) is 0. The average Bonchev–Trinajstić information content (AvgIpc) is 2.16. The van der Waals surface area contributed by atoms with Gasteiger partial charge in [0.05, 0.1) is 18.6 Å². The Morgan fingerprint density at radius 1 is 1.23 bits per heavy atom. The quantitative estimate of drug-likeness (QED) is 0.466. The molecular formula is C10H21ClO2. The normalized spacial score (nSPS) is 13.2. The van der Waals surface area contributed by atoms with Gasteiger partial charge in [-0.3, -0.25) is 0 Å². The van der Waals surface area contributed by atoms with Crippen LogP contribution in [0.25, 0.3) is 0 Å². The van der Waals surface area contributed by atoms with Crippen molar-refractivity contribution in [2.24, 2.45) is 0 Å². The fraction of sp³-hybridized carbons (Fsp3) is 1.00. The number of hydrogen-bond acceptors (Lipinski definition) is 2. The summed E-state index contributed by atoms with van der Waals surface area (Å²) in [6, 6.07) is 0. The first kappa shape index (κ1) is 13.2. The molecule has 0 aliphatic carbocycles. The van der Waals surface area contributed by atoms with E-state index in [0.29, 0.717) is 6.61 Å². The zero-order valence-corrected chi connectivity index (χ0v) is 9.22. The Hall–Kier alpha value is 0.210. The van der Waals surface area contributed by atoms with E-state index >= 15 is 0 Å². The maximum atomic E-state index is 9.04. The molecule has 2 nitrogen and oxygen atoms in total. The molecule has 0 rings (SSSR count). The lowest BCUT2D eigenvalue weighted by Gasteiger charge is -2.07. The molecule has 0 heterocycles. The molecule has 0 aliphatic heterocycles. The van der Waals surface area contributed by atoms with Crippen molar-refractivity contribution in [3.8, 4) is 0 Å². The highest BCUT2D eigenvalue weighted by atomic mass is 35.5. The van der Waals surface area contributed by atoms with Gasteiger partial charge in [0, 0.05) is 6.61 Å². The third-order valence-electron chi connectivity index (χ3n) is 1.88. The number of hydrogen-bond donors (Lipinski definition) is 1. The molecule has 80 valence electrons. The highest BCUT2D eigenvalue weighted by molar-refractivity contribution is 6.18. The molecule has 3 heteroatoms. The number of rotatable bonds is 9. The van der Waals surface area contributed by atoms with Crippen LogP contribution in [0.5, 0.6) is 0 Å². The van der Waals surface area contributed by atoms with Crippen molar-refractivity contribution in [1.82, 2.24) is 0 Å². The standard InChI is InChI=1S/C10H21ClO2/c1-2-3-4-5-6-7-13-9-10(12)8-11/h10,12H,2-9H2,1H3. The number of ether oxygens (including phenoxy) is 1. The molecule has 0 aromatic carbocycles. The van der Waals surface area contributed by atoms with Gasteiger partial charge in [0.25, 0.3) is 0 Å². The van der Waals surface area contributed by atoms with E-state index in [-0.39, 0.29) is 5.88 Å². The van der Waals surface area contributed by atoms with Crippen LogP contribution in [0.15, 0.2) is 0 Å². The van der Waals surface area contributed by atoms with Crippen LogP contribution in [0.4, 0.5) is 0 Å². The van der Waals surface area contributed by atoms with Gasteiger partial charge in [0.1, 0.15) is 0 Å². The minimum Gasteiger partial charge on any atom is -0.389 e. The maximum Gasteiger partial charge on any atom is 0.0908 e. The minimum absolute atomic E-state index is 0.260. The topological polar surface area (TPSA) is 29.5 Å². The predicted octanol–water partition coefficient (Wildman–Crippen LogP) is 2.57. The van der Waals surface area contributed by atoms with Crippen LogP contribution in [0.3, 0.4) is 0 Å². The molecule has 0 bridgehead atoms. The zero-order chi connectivity index (χ0) is 9.94. The zero-order valence-electron chi connectivity index (χ0n) is 8.47. The largest absolute Gasteiger partial charge is 0.389 e. The van der Waals surface area contributed by atoms with E-state index in [1.807, 2.05) is 0 Å². The Kier molecular flexibility index (Phi) is 10.5. The van der Waals surface area contributed by atoms with Gasteiger partial charge in [-0.15, -0.1) is 11.6 Å². The van der Waals surface area contributed by atoms with Crippen LogP contribution >= 0.6 is 11.6 Å². The Balaban J connectivity index is 2.91. The van der Waals surface area contributed by atoms with E-state index in [1.54, 1.807) is 0 Å². The molecule has 13 heavy (non-hydrogen) atoms. The van der Waals surface area contributed by atoms with Crippen molar-refractivity contribution in [1.29, 1.82) is 0 Å². The molecule has 0 saturated heterocycles. The highest BCUT2D eigenvalue weighted by Crippen LogP contribution is 2.02. The molecule has 0 amide bonds. The monoisotopic (exact) mass is 208 g/mol. The van der Waals surface area contributed by atoms with E-state index in [1.165, 1.54) is 25.7 Å². The SMILES string of the molecule is CCCCCCCOCC(O)CCl. The van der Waals surface area contributed by atoms with Crippen molar-refractivity contribution < 1.29 is 9.84 Å². The molecule has 0 radical (unpaired) electrons. The Bertz CT molecular complexity index is 98.9. The van der Waals surface area contributed by atoms with Crippen LogP contribution in [-0.4, -0.2) is 30.3 Å². The van der Waals surface area contributed by atoms with Gasteiger partial charge in [-0.25, -0.2) is 0 Å². The molecule has 0 aromatic heterocycles. The number of halogens is 1. The van der Waals surface area contributed by atoms with E-state index < -0.39 is 6.10 Å². The van der Waals surface area contributed by atoms with Crippen LogP contribution in [0, 0.1) is 0 Å². The molecule has 1 unspecified atom stereocenters. The smallest absolute Gasteiger partial charge is 0.0908 e. The summed E-state index contributed by atoms with van der Waals surface area (Å²) >= 11 is 5.40. The van der Waals surface area contributed by atoms with E-state index in [0.717, 1.165) is 13.0 Å². The van der Waals surface area contributed by atoms with E-state index in [9.17, 15) is 0 Å². The fourth-order valence-corrected chi connectivity index (χ4v) is 1.16. The summed E-state index contributed by atoms with van der Waals surface area (Å²) in [5.41, 5.74) is 0. The molecule has 0 saturated carbocycles. The summed E-state index contributed by atoms with van der Waals surface area (Å²) in [6.07, 6.45) is 5.69. The second-order valence-electron chi connectivity index (χ2n) is 3.30. The number of aliphatic hydroxyl groups is 1. The van der Waals surface area contributed by atoms with Crippen molar-refractivity contribution in [3.63, 3.8) is 0 Å². The molecular weight excluding hydrogens is 188 g/mol. The number of aliphatic hydroxyl groups excluding tert-OH is 1. The van der Waals surface area contributed by atoms with Gasteiger partial charge in [-0.05, 0) is 6.42 Å². The molecule has 0 spiro atoms. The van der Waals surface area contributed by atoms with Crippen LogP contribution < -0.4 is 0 Å². The van der Waals surface area contributed by atoms with Gasteiger partial charge < -0.3 is 9.84 Å². The van der Waals surface area contributed by atoms with Crippen LogP contribution in [0.2, 0.25) is 0 Å². The van der Waals surface area contributed by atoms with Gasteiger partial charge in [0.2, 0.25) is 0 Å². The van der Waals surface area contributed by atoms with Gasteiger partial charge in [0.15, 0.2) is 0 Å². The Morgan fingerprint density at radius 2 is 1.92 bits per heavy atom. The van der Waals surface area contributed by atoms with Crippen LogP contribution in [-0.2, 0) is 4.74 Å². The second-order valence-corrected chi connectivity index (χ2v) is 3.61. The summed E-state index contributed by atoms with van der Waals surface area (Å²) in [5.74, 6) is 0.260. The van der Waals surface area contributed by atoms with Gasteiger partial charge in [-0.1, -0.05) is 32.6 Å². The van der Waals surface area contributed by atoms with Gasteiger partial charge >= 0.3 is 0 Å². The van der Waals surface area contributed by atoms with E-state index in [2.05, 4.69) is 6.92 Å². The average molecular weight is 209 g/mol. The lowest BCUT2D eigenvalue weighted by Crippen LogP contribution is -2.17. The summed E-state index contributed by atoms with van der Waals surface area (Å²) in [5, 5.41) is 9.04. The molecule has 0 aromatic rings. The molecule has 0 aliphatic rings. The van der Waals surface area contributed by atoms with Gasteiger partial charge in [-0.2, -0.15) is 0 Å². The molecule has 1 N–H and O–H groups in total. The fourth-order valence-electron chi connectivity index (χ4n) is 1.07. The molecule has 0 fully saturated rings. The third kappa shape index (κ3) is 10.1. The predicted molar refractivity (Wildman–Crippen MR) is 56.3 cm³/mol. The Labute approximate surface area is 86.2 Å². The van der Waals surface area contributed by atoms with Crippen molar-refractivity contribution in [3.05, 3.63) is 0 Å². The first-order valence-electron chi connectivity index (χ1n) is 5.13. The number of unbranched alkanes of at least 4 members (excludes halogenated alkanes) is 4. The first-order valence-corrected chi connectivity index (χ1v) is 5.66. The minimum atomic E-state index is -0.502.